The number of hydrogen-bond acceptors (Lipinski definition) is 6. The van der Waals surface area contributed by atoms with Gasteiger partial charge in [-0.15, -0.1) is 0 Å². The summed E-state index contributed by atoms with van der Waals surface area (Å²) in [6, 6.07) is 10.4. The molecule has 0 saturated carbocycles. The van der Waals surface area contributed by atoms with Gasteiger partial charge in [0.1, 0.15) is 24.7 Å². The van der Waals surface area contributed by atoms with Crippen LogP contribution in [-0.2, 0) is 0 Å². The Morgan fingerprint density at radius 1 is 1.24 bits per heavy atom. The average molecular weight is 417 g/mol. The number of hydrazone groups is 1. The number of nitro benzene ring substituents is 1. The summed E-state index contributed by atoms with van der Waals surface area (Å²) in [5.74, 6) is 1.60. The molecule has 0 heterocycles. The molecule has 0 radical (unpaired) electrons. The zero-order valence-electron chi connectivity index (χ0n) is 16.5. The van der Waals surface area contributed by atoms with Crippen LogP contribution in [0.1, 0.15) is 36.5 Å². The van der Waals surface area contributed by atoms with Gasteiger partial charge in [0.05, 0.1) is 11.1 Å². The number of nitrogens with two attached hydrogens (primary N) is 1. The molecular weight excluding hydrogens is 392 g/mol. The highest BCUT2D eigenvalue weighted by atomic mass is 32.1. The van der Waals surface area contributed by atoms with E-state index in [9.17, 15) is 10.1 Å². The SMILES string of the molecule is Cc1ccc(C(C)C)c(OCCOc2ccc([N+](=O)[O-])cc2/C=N\NC(N)=S)c1. The summed E-state index contributed by atoms with van der Waals surface area (Å²) in [6.45, 7) is 6.81. The molecule has 2 aromatic carbocycles. The van der Waals surface area contributed by atoms with Crippen molar-refractivity contribution in [2.24, 2.45) is 10.8 Å². The zero-order valence-corrected chi connectivity index (χ0v) is 17.4. The molecule has 154 valence electrons. The number of nitrogens with one attached hydrogen (secondary N) is 1. The summed E-state index contributed by atoms with van der Waals surface area (Å²) in [6.07, 6.45) is 1.36. The molecule has 0 bridgehead atoms. The van der Waals surface area contributed by atoms with Gasteiger partial charge in [0.15, 0.2) is 5.11 Å². The van der Waals surface area contributed by atoms with E-state index in [1.807, 2.05) is 13.0 Å². The zero-order chi connectivity index (χ0) is 21.4. The van der Waals surface area contributed by atoms with E-state index in [4.69, 9.17) is 15.2 Å². The molecule has 0 atom stereocenters. The van der Waals surface area contributed by atoms with Crippen molar-refractivity contribution in [2.45, 2.75) is 26.7 Å². The van der Waals surface area contributed by atoms with E-state index in [2.05, 4.69) is 48.7 Å². The van der Waals surface area contributed by atoms with Crippen LogP contribution < -0.4 is 20.6 Å². The number of nitro groups is 1. The van der Waals surface area contributed by atoms with Crippen molar-refractivity contribution in [2.75, 3.05) is 13.2 Å². The topological polar surface area (TPSA) is 112 Å². The normalized spacial score (nSPS) is 10.9. The fraction of sp³-hybridized carbons (Fsp3) is 0.300. The second kappa shape index (κ2) is 10.4. The summed E-state index contributed by atoms with van der Waals surface area (Å²) in [5, 5.41) is 14.9. The Hall–Kier alpha value is -3.20. The van der Waals surface area contributed by atoms with Gasteiger partial charge in [-0.2, -0.15) is 5.10 Å². The van der Waals surface area contributed by atoms with E-state index < -0.39 is 4.92 Å². The largest absolute Gasteiger partial charge is 0.490 e. The fourth-order valence-electron chi connectivity index (χ4n) is 2.59. The second-order valence-electron chi connectivity index (χ2n) is 6.61. The van der Waals surface area contributed by atoms with E-state index in [1.54, 1.807) is 0 Å². The lowest BCUT2D eigenvalue weighted by atomic mass is 10.0. The lowest BCUT2D eigenvalue weighted by Crippen LogP contribution is -2.24. The summed E-state index contributed by atoms with van der Waals surface area (Å²) in [7, 11) is 0. The molecule has 0 aromatic heterocycles. The first-order valence-electron chi connectivity index (χ1n) is 9.01. The molecule has 9 heteroatoms. The highest BCUT2D eigenvalue weighted by Crippen LogP contribution is 2.27. The van der Waals surface area contributed by atoms with Gasteiger partial charge in [-0.25, -0.2) is 0 Å². The first-order chi connectivity index (χ1) is 13.8. The monoisotopic (exact) mass is 416 g/mol. The summed E-state index contributed by atoms with van der Waals surface area (Å²) in [4.78, 5) is 10.5. The third-order valence-corrected chi connectivity index (χ3v) is 4.06. The number of thiocarbonyl (C=S) groups is 1. The quantitative estimate of drug-likeness (QED) is 0.211. The van der Waals surface area contributed by atoms with E-state index in [1.165, 1.54) is 24.4 Å². The van der Waals surface area contributed by atoms with Crippen LogP contribution in [0.3, 0.4) is 0 Å². The Morgan fingerprint density at radius 3 is 2.55 bits per heavy atom. The predicted octanol–water partition coefficient (Wildman–Crippen LogP) is 3.65. The Morgan fingerprint density at radius 2 is 1.93 bits per heavy atom. The molecule has 0 saturated heterocycles. The number of non-ortho nitro benzene ring substituents is 1. The number of rotatable bonds is 9. The maximum absolute atomic E-state index is 11.0. The molecule has 3 N–H and O–H groups in total. The van der Waals surface area contributed by atoms with Gasteiger partial charge < -0.3 is 15.2 Å². The Kier molecular flexibility index (Phi) is 7.90. The molecule has 0 unspecified atom stereocenters. The van der Waals surface area contributed by atoms with Crippen LogP contribution in [-0.4, -0.2) is 29.5 Å². The third-order valence-electron chi connectivity index (χ3n) is 3.97. The van der Waals surface area contributed by atoms with Gasteiger partial charge in [-0.3, -0.25) is 15.5 Å². The number of ether oxygens (including phenoxy) is 2. The molecular formula is C20H24N4O4S. The number of nitrogens with zero attached hydrogens (tertiary/aromatic N) is 2. The van der Waals surface area contributed by atoms with Crippen LogP contribution in [0.4, 0.5) is 5.69 Å². The average Bonchev–Trinajstić information content (AvgIpc) is 2.65. The standard InChI is InChI=1S/C20H24N4O4S/c1-13(2)17-6-4-14(3)10-19(17)28-9-8-27-18-7-5-16(24(25)26)11-15(18)12-22-23-20(21)29/h4-7,10-13H,8-9H2,1-3H3,(H3,21,23,29)/b22-12-. The summed E-state index contributed by atoms with van der Waals surface area (Å²) in [5.41, 5.74) is 10.3. The molecule has 0 amide bonds. The minimum absolute atomic E-state index is 0.0124. The molecule has 2 aromatic rings. The Bertz CT molecular complexity index is 915. The van der Waals surface area contributed by atoms with Crippen molar-refractivity contribution in [3.63, 3.8) is 0 Å². The van der Waals surface area contributed by atoms with Crippen molar-refractivity contribution in [3.05, 3.63) is 63.2 Å². The molecule has 29 heavy (non-hydrogen) atoms. The van der Waals surface area contributed by atoms with Gasteiger partial charge in [-0.1, -0.05) is 26.0 Å². The van der Waals surface area contributed by atoms with Crippen LogP contribution in [0.15, 0.2) is 41.5 Å². The molecule has 0 aliphatic carbocycles. The molecule has 0 aliphatic heterocycles. The predicted molar refractivity (Wildman–Crippen MR) is 117 cm³/mol. The van der Waals surface area contributed by atoms with Crippen molar-refractivity contribution in [3.8, 4) is 11.5 Å². The summed E-state index contributed by atoms with van der Waals surface area (Å²) < 4.78 is 11.7. The van der Waals surface area contributed by atoms with Gasteiger partial charge >= 0.3 is 0 Å². The van der Waals surface area contributed by atoms with Gasteiger partial charge in [0.2, 0.25) is 0 Å². The molecule has 0 spiro atoms. The smallest absolute Gasteiger partial charge is 0.270 e. The first-order valence-corrected chi connectivity index (χ1v) is 9.42. The van der Waals surface area contributed by atoms with Crippen LogP contribution in [0, 0.1) is 17.0 Å². The van der Waals surface area contributed by atoms with E-state index in [0.717, 1.165) is 16.9 Å². The Balaban J connectivity index is 2.06. The van der Waals surface area contributed by atoms with E-state index in [-0.39, 0.29) is 17.4 Å². The van der Waals surface area contributed by atoms with Gasteiger partial charge in [-0.05, 0) is 48.3 Å². The summed E-state index contributed by atoms with van der Waals surface area (Å²) >= 11 is 4.68. The third kappa shape index (κ3) is 6.72. The van der Waals surface area contributed by atoms with E-state index in [0.29, 0.717) is 23.8 Å². The van der Waals surface area contributed by atoms with Crippen molar-refractivity contribution in [1.82, 2.24) is 5.43 Å². The maximum atomic E-state index is 11.0. The van der Waals surface area contributed by atoms with Crippen molar-refractivity contribution >= 4 is 29.2 Å². The van der Waals surface area contributed by atoms with Crippen LogP contribution in [0.5, 0.6) is 11.5 Å². The fourth-order valence-corrected chi connectivity index (χ4v) is 2.65. The maximum Gasteiger partial charge on any atom is 0.270 e. The van der Waals surface area contributed by atoms with E-state index >= 15 is 0 Å². The highest BCUT2D eigenvalue weighted by molar-refractivity contribution is 7.80. The van der Waals surface area contributed by atoms with Crippen molar-refractivity contribution in [1.29, 1.82) is 0 Å². The van der Waals surface area contributed by atoms with Gasteiger partial charge in [0, 0.05) is 17.7 Å². The van der Waals surface area contributed by atoms with Gasteiger partial charge in [0.25, 0.3) is 5.69 Å². The Labute approximate surface area is 174 Å². The minimum atomic E-state index is -0.490. The molecule has 0 fully saturated rings. The highest BCUT2D eigenvalue weighted by Gasteiger charge is 2.12. The van der Waals surface area contributed by atoms with Crippen molar-refractivity contribution < 1.29 is 14.4 Å². The lowest BCUT2D eigenvalue weighted by molar-refractivity contribution is -0.384. The number of aryl methyl sites for hydroxylation is 1. The number of benzene rings is 2. The minimum Gasteiger partial charge on any atom is -0.490 e. The molecule has 0 aliphatic rings. The van der Waals surface area contributed by atoms with Crippen LogP contribution in [0.25, 0.3) is 0 Å². The van der Waals surface area contributed by atoms with Crippen LogP contribution >= 0.6 is 12.2 Å². The molecule has 2 rings (SSSR count). The number of hydrogen-bond donors (Lipinski definition) is 2. The molecule has 8 nitrogen and oxygen atoms in total. The lowest BCUT2D eigenvalue weighted by Gasteiger charge is -2.15. The second-order valence-corrected chi connectivity index (χ2v) is 7.05. The van der Waals surface area contributed by atoms with Crippen LogP contribution in [0.2, 0.25) is 0 Å². The first kappa shape index (κ1) is 22.1.